The van der Waals surface area contributed by atoms with Gasteiger partial charge < -0.3 is 5.11 Å². The van der Waals surface area contributed by atoms with Crippen molar-refractivity contribution in [2.75, 3.05) is 11.6 Å². The summed E-state index contributed by atoms with van der Waals surface area (Å²) in [5, 5.41) is 22.4. The van der Waals surface area contributed by atoms with E-state index in [1.54, 1.807) is 17.4 Å². The number of thiophene rings is 1. The van der Waals surface area contributed by atoms with E-state index in [1.807, 2.05) is 36.4 Å². The minimum Gasteiger partial charge on any atom is -0.478 e. The number of benzene rings is 2. The third-order valence-electron chi connectivity index (χ3n) is 3.75. The summed E-state index contributed by atoms with van der Waals surface area (Å²) >= 11 is 1.67. The Balaban J connectivity index is 2.15. The van der Waals surface area contributed by atoms with Crippen molar-refractivity contribution in [2.24, 2.45) is 0 Å². The van der Waals surface area contributed by atoms with E-state index < -0.39 is 5.97 Å². The van der Waals surface area contributed by atoms with Crippen LogP contribution in [0.2, 0.25) is 0 Å². The number of anilines is 1. The summed E-state index contributed by atoms with van der Waals surface area (Å²) in [6, 6.07) is 11.8. The zero-order valence-electron chi connectivity index (χ0n) is 10.9. The van der Waals surface area contributed by atoms with Crippen LogP contribution in [-0.4, -0.2) is 22.8 Å². The molecule has 1 aliphatic rings. The van der Waals surface area contributed by atoms with Crippen molar-refractivity contribution in [1.82, 2.24) is 0 Å². The third kappa shape index (κ3) is 1.75. The zero-order valence-corrected chi connectivity index (χ0v) is 11.7. The number of carbonyl (C=O) groups is 1. The van der Waals surface area contributed by atoms with Gasteiger partial charge in [-0.15, -0.1) is 11.3 Å². The molecule has 2 N–H and O–H groups in total. The Bertz CT molecular complexity index is 926. The largest absolute Gasteiger partial charge is 0.478 e. The van der Waals surface area contributed by atoms with Crippen LogP contribution < -0.4 is 5.06 Å². The van der Waals surface area contributed by atoms with E-state index in [9.17, 15) is 15.1 Å². The average molecular weight is 297 g/mol. The molecule has 5 heteroatoms. The number of carboxylic acids is 1. The maximum atomic E-state index is 11.2. The first-order chi connectivity index (χ1) is 10.1. The Morgan fingerprint density at radius 1 is 1.14 bits per heavy atom. The van der Waals surface area contributed by atoms with Gasteiger partial charge in [0.1, 0.15) is 0 Å². The van der Waals surface area contributed by atoms with Crippen LogP contribution in [0.1, 0.15) is 5.56 Å². The lowest BCUT2D eigenvalue weighted by atomic mass is 9.98. The SMILES string of the molecule is O=C(O)C1=Cc2c(ccc3sc4ccccc4c23)N(O)C1. The molecule has 4 nitrogen and oxygen atoms in total. The second kappa shape index (κ2) is 4.31. The molecule has 4 rings (SSSR count). The molecule has 0 atom stereocenters. The molecule has 2 aromatic carbocycles. The van der Waals surface area contributed by atoms with Gasteiger partial charge in [-0.1, -0.05) is 18.2 Å². The fraction of sp³-hybridized carbons (Fsp3) is 0.0625. The lowest BCUT2D eigenvalue weighted by molar-refractivity contribution is -0.132. The van der Waals surface area contributed by atoms with Crippen molar-refractivity contribution < 1.29 is 15.1 Å². The monoisotopic (exact) mass is 297 g/mol. The topological polar surface area (TPSA) is 60.8 Å². The van der Waals surface area contributed by atoms with Crippen LogP contribution >= 0.6 is 11.3 Å². The van der Waals surface area contributed by atoms with Gasteiger partial charge in [-0.3, -0.25) is 10.3 Å². The number of hydroxylamine groups is 1. The van der Waals surface area contributed by atoms with E-state index in [1.165, 1.54) is 0 Å². The van der Waals surface area contributed by atoms with E-state index >= 15 is 0 Å². The fourth-order valence-corrected chi connectivity index (χ4v) is 3.92. The number of hydrogen-bond donors (Lipinski definition) is 2. The predicted molar refractivity (Wildman–Crippen MR) is 84.1 cm³/mol. The van der Waals surface area contributed by atoms with Gasteiger partial charge in [-0.25, -0.2) is 4.79 Å². The summed E-state index contributed by atoms with van der Waals surface area (Å²) in [5.74, 6) is -1.00. The normalized spacial score (nSPS) is 14.3. The molecule has 2 heterocycles. The summed E-state index contributed by atoms with van der Waals surface area (Å²) in [6.45, 7) is -0.00406. The van der Waals surface area contributed by atoms with Gasteiger partial charge in [0.2, 0.25) is 0 Å². The quantitative estimate of drug-likeness (QED) is 0.718. The van der Waals surface area contributed by atoms with Crippen molar-refractivity contribution in [3.63, 3.8) is 0 Å². The Kier molecular flexibility index (Phi) is 2.54. The molecule has 1 aliphatic heterocycles. The van der Waals surface area contributed by atoms with Crippen LogP contribution in [0.5, 0.6) is 0 Å². The molecular formula is C16H11NO3S. The number of hydrogen-bond acceptors (Lipinski definition) is 4. The first-order valence-electron chi connectivity index (χ1n) is 6.49. The van der Waals surface area contributed by atoms with E-state index in [0.717, 1.165) is 30.8 Å². The minimum absolute atomic E-state index is 0.00406. The second-order valence-corrected chi connectivity index (χ2v) is 6.09. The third-order valence-corrected chi connectivity index (χ3v) is 4.89. The number of aliphatic carboxylic acids is 1. The standard InChI is InChI=1S/C16H11NO3S/c18-16(19)9-7-11-12(17(20)8-9)5-6-14-15(11)10-3-1-2-4-13(10)21-14/h1-7,20H,8H2,(H,18,19). The molecule has 0 bridgehead atoms. The number of nitrogens with zero attached hydrogens (tertiary/aromatic N) is 1. The van der Waals surface area contributed by atoms with Crippen LogP contribution in [-0.2, 0) is 4.79 Å². The Labute approximate surface area is 124 Å². The lowest BCUT2D eigenvalue weighted by Crippen LogP contribution is -2.27. The van der Waals surface area contributed by atoms with Gasteiger partial charge in [0.25, 0.3) is 0 Å². The molecule has 0 radical (unpaired) electrons. The number of rotatable bonds is 1. The molecule has 0 saturated heterocycles. The van der Waals surface area contributed by atoms with Gasteiger partial charge in [-0.05, 0) is 24.3 Å². The maximum Gasteiger partial charge on any atom is 0.333 e. The lowest BCUT2D eigenvalue weighted by Gasteiger charge is -2.24. The molecule has 0 saturated carbocycles. The van der Waals surface area contributed by atoms with Crippen LogP contribution in [0.25, 0.3) is 26.2 Å². The van der Waals surface area contributed by atoms with Crippen LogP contribution in [0, 0.1) is 0 Å². The molecule has 3 aromatic rings. The first-order valence-corrected chi connectivity index (χ1v) is 7.31. The smallest absolute Gasteiger partial charge is 0.333 e. The van der Waals surface area contributed by atoms with Crippen molar-refractivity contribution in [3.05, 3.63) is 47.5 Å². The number of carboxylic acid groups (broad SMARTS) is 1. The van der Waals surface area contributed by atoms with E-state index in [0.29, 0.717) is 5.69 Å². The molecule has 0 aliphatic carbocycles. The summed E-state index contributed by atoms with van der Waals surface area (Å²) in [5.41, 5.74) is 1.61. The molecule has 0 spiro atoms. The average Bonchev–Trinajstić information content (AvgIpc) is 2.85. The maximum absolute atomic E-state index is 11.2. The highest BCUT2D eigenvalue weighted by Crippen LogP contribution is 2.41. The van der Waals surface area contributed by atoms with Crippen molar-refractivity contribution >= 4 is 49.2 Å². The molecule has 0 unspecified atom stereocenters. The molecule has 0 fully saturated rings. The second-order valence-electron chi connectivity index (χ2n) is 5.00. The van der Waals surface area contributed by atoms with Gasteiger partial charge in [0.15, 0.2) is 0 Å². The molecule has 1 aromatic heterocycles. The van der Waals surface area contributed by atoms with Crippen LogP contribution in [0.15, 0.2) is 42.0 Å². The van der Waals surface area contributed by atoms with E-state index in [2.05, 4.69) is 0 Å². The van der Waals surface area contributed by atoms with E-state index in [-0.39, 0.29) is 12.1 Å². The predicted octanol–water partition coefficient (Wildman–Crippen LogP) is 3.73. The molecule has 104 valence electrons. The van der Waals surface area contributed by atoms with Gasteiger partial charge in [0, 0.05) is 25.7 Å². The van der Waals surface area contributed by atoms with Crippen molar-refractivity contribution in [2.45, 2.75) is 0 Å². The van der Waals surface area contributed by atoms with Gasteiger partial charge in [0.05, 0.1) is 17.8 Å². The van der Waals surface area contributed by atoms with Gasteiger partial charge >= 0.3 is 5.97 Å². The van der Waals surface area contributed by atoms with E-state index in [4.69, 9.17) is 0 Å². The molecule has 0 amide bonds. The molecular weight excluding hydrogens is 286 g/mol. The van der Waals surface area contributed by atoms with Gasteiger partial charge in [-0.2, -0.15) is 0 Å². The van der Waals surface area contributed by atoms with Crippen LogP contribution in [0.3, 0.4) is 0 Å². The summed E-state index contributed by atoms with van der Waals surface area (Å²) in [6.07, 6.45) is 1.67. The number of fused-ring (bicyclic) bond motifs is 5. The summed E-state index contributed by atoms with van der Waals surface area (Å²) in [4.78, 5) is 11.2. The Morgan fingerprint density at radius 2 is 1.95 bits per heavy atom. The highest BCUT2D eigenvalue weighted by molar-refractivity contribution is 7.25. The Morgan fingerprint density at radius 3 is 2.76 bits per heavy atom. The Hall–Kier alpha value is -2.37. The summed E-state index contributed by atoms with van der Waals surface area (Å²) in [7, 11) is 0. The zero-order chi connectivity index (χ0) is 14.6. The fourth-order valence-electron chi connectivity index (χ4n) is 2.80. The highest BCUT2D eigenvalue weighted by atomic mass is 32.1. The van der Waals surface area contributed by atoms with Crippen LogP contribution in [0.4, 0.5) is 5.69 Å². The minimum atomic E-state index is -1.00. The van der Waals surface area contributed by atoms with Crippen molar-refractivity contribution in [3.8, 4) is 0 Å². The summed E-state index contributed by atoms with van der Waals surface area (Å²) < 4.78 is 2.24. The highest BCUT2D eigenvalue weighted by Gasteiger charge is 2.23. The molecule has 21 heavy (non-hydrogen) atoms. The van der Waals surface area contributed by atoms with Crippen molar-refractivity contribution in [1.29, 1.82) is 0 Å². The first kappa shape index (κ1) is 12.4.